The lowest BCUT2D eigenvalue weighted by atomic mass is 9.44. The Morgan fingerprint density at radius 3 is 1.75 bits per heavy atom. The summed E-state index contributed by atoms with van der Waals surface area (Å²) >= 11 is 0. The number of fused-ring (bicyclic) bond motifs is 5. The maximum atomic E-state index is 13.3. The van der Waals surface area contributed by atoms with Gasteiger partial charge in [0, 0.05) is 37.9 Å². The molecule has 368 valence electrons. The summed E-state index contributed by atoms with van der Waals surface area (Å²) in [6.07, 6.45) is 17.0. The van der Waals surface area contributed by atoms with Crippen molar-refractivity contribution in [1.29, 1.82) is 5.26 Å². The smallest absolute Gasteiger partial charge is 0.278 e. The van der Waals surface area contributed by atoms with Crippen LogP contribution in [-0.4, -0.2) is 73.7 Å². The minimum Gasteiger partial charge on any atom is -0.378 e. The Labute approximate surface area is 381 Å². The number of unbranched alkanes of at least 4 members (excludes halogenated alkanes) is 11. The van der Waals surface area contributed by atoms with E-state index < -0.39 is 39.8 Å². The average Bonchev–Trinajstić information content (AvgIpc) is 3.59. The molecular formula is C51H89F6N2O3P. The molecule has 1 unspecified atom stereocenters. The highest BCUT2D eigenvalue weighted by Crippen LogP contribution is 2.68. The van der Waals surface area contributed by atoms with Gasteiger partial charge in [-0.05, 0) is 158 Å². The summed E-state index contributed by atoms with van der Waals surface area (Å²) in [5, 5.41) is 9.11. The second kappa shape index (κ2) is 26.8. The van der Waals surface area contributed by atoms with Gasteiger partial charge in [-0.2, -0.15) is 5.26 Å². The lowest BCUT2D eigenvalue weighted by Gasteiger charge is -2.61. The molecule has 0 heterocycles. The van der Waals surface area contributed by atoms with Crippen molar-refractivity contribution in [3.63, 3.8) is 0 Å². The van der Waals surface area contributed by atoms with Crippen molar-refractivity contribution in [3.05, 3.63) is 0 Å². The number of ether oxygens (including phenoxy) is 2. The lowest BCUT2D eigenvalue weighted by Crippen LogP contribution is -2.54. The first-order valence-corrected chi connectivity index (χ1v) is 27.1. The number of rotatable bonds is 31. The molecule has 0 N–H and O–H groups in total. The van der Waals surface area contributed by atoms with E-state index in [0.29, 0.717) is 48.3 Å². The van der Waals surface area contributed by atoms with E-state index in [2.05, 4.69) is 63.9 Å². The summed E-state index contributed by atoms with van der Waals surface area (Å²) in [6, 6.07) is 3.16. The third-order valence-corrected chi connectivity index (χ3v) is 19.4. The van der Waals surface area contributed by atoms with Crippen LogP contribution in [0.5, 0.6) is 0 Å². The van der Waals surface area contributed by atoms with Gasteiger partial charge < -0.3 is 14.0 Å². The molecule has 5 nitrogen and oxygen atoms in total. The van der Waals surface area contributed by atoms with Crippen LogP contribution in [0.25, 0.3) is 0 Å². The molecule has 12 heteroatoms. The molecule has 0 aliphatic heterocycles. The first-order chi connectivity index (χ1) is 30.0. The fourth-order valence-corrected chi connectivity index (χ4v) is 15.7. The van der Waals surface area contributed by atoms with Gasteiger partial charge in [0.25, 0.3) is 19.3 Å². The predicted octanol–water partition coefficient (Wildman–Crippen LogP) is 16.0. The van der Waals surface area contributed by atoms with Gasteiger partial charge in [-0.1, -0.05) is 85.0 Å². The predicted molar refractivity (Wildman–Crippen MR) is 246 cm³/mol. The van der Waals surface area contributed by atoms with Crippen LogP contribution in [0.15, 0.2) is 0 Å². The van der Waals surface area contributed by atoms with E-state index in [1.807, 2.05) is 0 Å². The highest BCUT2D eigenvalue weighted by atomic mass is 31.2. The number of alkyl halides is 6. The SMILES string of the molecule is CC(C)N(C(C)C)P(CCC#N)OCCCCCCCCCCCCCCO[C@@H]1CC[C@@]2(C)[C@H](CC[C@@H]3[C@@H]2CC[C@]2(C)[C@@H]([C@H](C)CCCOC(C(F)F)(C(F)F)C(F)F)CC[C@@H]32)C1. The highest BCUT2D eigenvalue weighted by Gasteiger charge is 2.61. The summed E-state index contributed by atoms with van der Waals surface area (Å²) in [6.45, 7) is 17.3. The number of hydrogen-bond donors (Lipinski definition) is 0. The molecule has 0 aromatic rings. The van der Waals surface area contributed by atoms with E-state index in [-0.39, 0.29) is 17.8 Å². The molecule has 4 saturated carbocycles. The molecule has 4 aliphatic carbocycles. The highest BCUT2D eigenvalue weighted by molar-refractivity contribution is 7.50. The maximum absolute atomic E-state index is 13.3. The summed E-state index contributed by atoms with van der Waals surface area (Å²) in [5.74, 6) is 3.53. The van der Waals surface area contributed by atoms with Crippen molar-refractivity contribution in [2.75, 3.05) is 26.0 Å². The summed E-state index contributed by atoms with van der Waals surface area (Å²) in [4.78, 5) is 0. The summed E-state index contributed by atoms with van der Waals surface area (Å²) in [7, 11) is -0.702. The third kappa shape index (κ3) is 14.4. The fraction of sp³-hybridized carbons (Fsp3) is 0.980. The average molecular weight is 923 g/mol. The van der Waals surface area contributed by atoms with Gasteiger partial charge in [-0.25, -0.2) is 26.3 Å². The monoisotopic (exact) mass is 923 g/mol. The van der Waals surface area contributed by atoms with Crippen LogP contribution >= 0.6 is 8.30 Å². The Balaban J connectivity index is 1.04. The van der Waals surface area contributed by atoms with Gasteiger partial charge in [0.15, 0.2) is 0 Å². The Hall–Kier alpha value is -0.660. The molecule has 10 atom stereocenters. The van der Waals surface area contributed by atoms with Gasteiger partial charge in [-0.3, -0.25) is 4.67 Å². The van der Waals surface area contributed by atoms with E-state index in [0.717, 1.165) is 62.8 Å². The van der Waals surface area contributed by atoms with Crippen LogP contribution in [0.2, 0.25) is 0 Å². The van der Waals surface area contributed by atoms with E-state index in [4.69, 9.17) is 14.5 Å². The molecular weight excluding hydrogens is 834 g/mol. The largest absolute Gasteiger partial charge is 0.378 e. The Kier molecular flexibility index (Phi) is 23.3. The topological polar surface area (TPSA) is 54.7 Å². The Morgan fingerprint density at radius 1 is 0.651 bits per heavy atom. The molecule has 0 amide bonds. The second-order valence-electron chi connectivity index (χ2n) is 21.5. The van der Waals surface area contributed by atoms with Gasteiger partial charge >= 0.3 is 0 Å². The first-order valence-electron chi connectivity index (χ1n) is 25.7. The van der Waals surface area contributed by atoms with E-state index >= 15 is 0 Å². The van der Waals surface area contributed by atoms with E-state index in [9.17, 15) is 26.3 Å². The van der Waals surface area contributed by atoms with E-state index in [1.54, 1.807) is 0 Å². The lowest BCUT2D eigenvalue weighted by molar-refractivity contribution is -0.262. The van der Waals surface area contributed by atoms with Crippen molar-refractivity contribution in [2.24, 2.45) is 46.3 Å². The zero-order chi connectivity index (χ0) is 46.2. The molecule has 63 heavy (non-hydrogen) atoms. The number of hydrogen-bond acceptors (Lipinski definition) is 5. The van der Waals surface area contributed by atoms with Crippen molar-refractivity contribution in [2.45, 2.75) is 246 Å². The van der Waals surface area contributed by atoms with Crippen LogP contribution in [0.3, 0.4) is 0 Å². The van der Waals surface area contributed by atoms with Crippen LogP contribution < -0.4 is 0 Å². The van der Waals surface area contributed by atoms with Crippen molar-refractivity contribution < 1.29 is 40.3 Å². The number of halogens is 6. The molecule has 0 bridgehead atoms. The summed E-state index contributed by atoms with van der Waals surface area (Å²) in [5.41, 5.74) is -3.46. The van der Waals surface area contributed by atoms with Crippen LogP contribution in [0.1, 0.15) is 203 Å². The number of nitriles is 1. The third-order valence-electron chi connectivity index (χ3n) is 16.9. The molecule has 4 aliphatic rings. The maximum Gasteiger partial charge on any atom is 0.278 e. The normalized spacial score (nSPS) is 29.7. The minimum absolute atomic E-state index is 0.190. The van der Waals surface area contributed by atoms with E-state index in [1.165, 1.54) is 109 Å². The first kappa shape index (κ1) is 54.9. The molecule has 0 saturated heterocycles. The fourth-order valence-electron chi connectivity index (χ4n) is 13.6. The second-order valence-corrected chi connectivity index (χ2v) is 23.4. The molecule has 0 aromatic carbocycles. The molecule has 0 spiro atoms. The zero-order valence-corrected chi connectivity index (χ0v) is 41.5. The molecule has 0 aromatic heterocycles. The van der Waals surface area contributed by atoms with Crippen molar-refractivity contribution in [3.8, 4) is 6.07 Å². The Bertz CT molecular complexity index is 1290. The number of nitrogens with zero attached hydrogens (tertiary/aromatic N) is 2. The van der Waals surface area contributed by atoms with Crippen molar-refractivity contribution >= 4 is 8.30 Å². The van der Waals surface area contributed by atoms with Gasteiger partial charge in [-0.15, -0.1) is 0 Å². The minimum atomic E-state index is -4.01. The van der Waals surface area contributed by atoms with Gasteiger partial charge in [0.05, 0.1) is 18.8 Å². The Morgan fingerprint density at radius 2 is 1.19 bits per heavy atom. The zero-order valence-electron chi connectivity index (χ0n) is 40.6. The molecule has 0 radical (unpaired) electrons. The van der Waals surface area contributed by atoms with Crippen LogP contribution in [-0.2, 0) is 14.0 Å². The van der Waals surface area contributed by atoms with Gasteiger partial charge in [0.2, 0.25) is 5.60 Å². The molecule has 4 rings (SSSR count). The van der Waals surface area contributed by atoms with Gasteiger partial charge in [0.1, 0.15) is 8.30 Å². The molecule has 4 fully saturated rings. The van der Waals surface area contributed by atoms with Crippen LogP contribution in [0, 0.1) is 57.7 Å². The standard InChI is InChI=1S/C51H89F6N2O3P/c1-37(2)59(38(3)4)63(35-21-31-58)62-34-19-17-15-13-11-9-8-10-12-14-16-18-32-60-41-27-29-49(6)40(36-41)23-24-42-44-26-25-43(50(44,7)30-28-45(42)49)39(5)22-20-33-61-51(46(52)53,47(54)55)48(56)57/h37-48H,8-30,32-36H2,1-7H3/t39-,40-,41-,42+,43-,44+,45+,49+,50-,63?/m1/s1. The quantitative estimate of drug-likeness (QED) is 0.0394. The summed E-state index contributed by atoms with van der Waals surface area (Å²) < 4.78 is 100.0. The van der Waals surface area contributed by atoms with Crippen molar-refractivity contribution in [1.82, 2.24) is 4.67 Å². The van der Waals surface area contributed by atoms with Crippen LogP contribution in [0.4, 0.5) is 26.3 Å².